The van der Waals surface area contributed by atoms with Gasteiger partial charge in [0.1, 0.15) is 0 Å². The lowest BCUT2D eigenvalue weighted by atomic mass is 10.1. The Bertz CT molecular complexity index is 835. The van der Waals surface area contributed by atoms with E-state index in [9.17, 15) is 14.4 Å². The molecular weight excluding hydrogens is 344 g/mol. The van der Waals surface area contributed by atoms with Crippen LogP contribution in [0.15, 0.2) is 54.6 Å². The van der Waals surface area contributed by atoms with Crippen LogP contribution in [-0.4, -0.2) is 24.4 Å². The van der Waals surface area contributed by atoms with Gasteiger partial charge in [0.25, 0.3) is 11.8 Å². The summed E-state index contributed by atoms with van der Waals surface area (Å²) in [6.45, 7) is 2.00. The zero-order valence-corrected chi connectivity index (χ0v) is 15.1. The minimum absolute atomic E-state index is 0.0890. The first-order valence-corrected chi connectivity index (χ1v) is 8.92. The maximum absolute atomic E-state index is 12.5. The first-order valence-electron chi connectivity index (χ1n) is 8.92. The monoisotopic (exact) mass is 366 g/mol. The number of benzene rings is 2. The van der Waals surface area contributed by atoms with E-state index in [0.717, 1.165) is 12.0 Å². The summed E-state index contributed by atoms with van der Waals surface area (Å²) in [5.74, 6) is -0.867. The SMILES string of the molecule is C[C@@H]1C[C@@H]1C(=O)OCC(=O)Nc1ccccc1C(=O)NCc1ccccc1. The number of para-hydroxylation sites is 1. The van der Waals surface area contributed by atoms with Gasteiger partial charge in [-0.15, -0.1) is 0 Å². The van der Waals surface area contributed by atoms with Gasteiger partial charge < -0.3 is 15.4 Å². The largest absolute Gasteiger partial charge is 0.455 e. The Labute approximate surface area is 157 Å². The summed E-state index contributed by atoms with van der Waals surface area (Å²) in [7, 11) is 0. The van der Waals surface area contributed by atoms with Gasteiger partial charge >= 0.3 is 5.97 Å². The van der Waals surface area contributed by atoms with Gasteiger partial charge in [0.2, 0.25) is 0 Å². The summed E-state index contributed by atoms with van der Waals surface area (Å²) in [4.78, 5) is 36.2. The molecular formula is C21H22N2O4. The van der Waals surface area contributed by atoms with Crippen LogP contribution in [-0.2, 0) is 20.9 Å². The predicted molar refractivity (Wildman–Crippen MR) is 101 cm³/mol. The second kappa shape index (κ2) is 8.49. The molecule has 1 saturated carbocycles. The first kappa shape index (κ1) is 18.6. The van der Waals surface area contributed by atoms with Gasteiger partial charge in [-0.1, -0.05) is 49.4 Å². The summed E-state index contributed by atoms with van der Waals surface area (Å²) in [6.07, 6.45) is 0.810. The number of carbonyl (C=O) groups excluding carboxylic acids is 3. The van der Waals surface area contributed by atoms with Gasteiger partial charge in [-0.3, -0.25) is 14.4 Å². The minimum atomic E-state index is -0.472. The molecule has 0 unspecified atom stereocenters. The highest BCUT2D eigenvalue weighted by Crippen LogP contribution is 2.38. The van der Waals surface area contributed by atoms with Gasteiger partial charge in [0, 0.05) is 6.54 Å². The molecule has 0 aromatic heterocycles. The third-order valence-electron chi connectivity index (χ3n) is 4.50. The Hall–Kier alpha value is -3.15. The Balaban J connectivity index is 1.55. The second-order valence-corrected chi connectivity index (χ2v) is 6.69. The van der Waals surface area contributed by atoms with Crippen LogP contribution in [0.25, 0.3) is 0 Å². The molecule has 2 aromatic carbocycles. The lowest BCUT2D eigenvalue weighted by Gasteiger charge is -2.12. The number of ether oxygens (including phenoxy) is 1. The molecule has 2 aromatic rings. The third-order valence-corrected chi connectivity index (χ3v) is 4.50. The van der Waals surface area contributed by atoms with Crippen LogP contribution in [0.2, 0.25) is 0 Å². The molecule has 27 heavy (non-hydrogen) atoms. The Kier molecular flexibility index (Phi) is 5.86. The molecule has 6 nitrogen and oxygen atoms in total. The van der Waals surface area contributed by atoms with E-state index in [4.69, 9.17) is 4.74 Å². The van der Waals surface area contributed by atoms with Crippen molar-refractivity contribution in [1.29, 1.82) is 0 Å². The van der Waals surface area contributed by atoms with Gasteiger partial charge in [-0.05, 0) is 30.0 Å². The van der Waals surface area contributed by atoms with Crippen molar-refractivity contribution < 1.29 is 19.1 Å². The normalized spacial score (nSPS) is 17.7. The van der Waals surface area contributed by atoms with Crippen LogP contribution in [0, 0.1) is 11.8 Å². The van der Waals surface area contributed by atoms with Gasteiger partial charge in [-0.2, -0.15) is 0 Å². The molecule has 140 valence electrons. The number of carbonyl (C=O) groups is 3. The Morgan fingerprint density at radius 1 is 1.04 bits per heavy atom. The van der Waals surface area contributed by atoms with Crippen molar-refractivity contribution in [3.63, 3.8) is 0 Å². The van der Waals surface area contributed by atoms with Crippen molar-refractivity contribution in [2.45, 2.75) is 19.9 Å². The fraction of sp³-hybridized carbons (Fsp3) is 0.286. The molecule has 2 amide bonds. The van der Waals surface area contributed by atoms with E-state index in [-0.39, 0.29) is 24.4 Å². The molecule has 2 atom stereocenters. The molecule has 1 aliphatic carbocycles. The van der Waals surface area contributed by atoms with E-state index in [1.165, 1.54) is 0 Å². The van der Waals surface area contributed by atoms with Gasteiger partial charge in [0.05, 0.1) is 17.2 Å². The maximum atomic E-state index is 12.5. The van der Waals surface area contributed by atoms with Gasteiger partial charge in [-0.25, -0.2) is 0 Å². The second-order valence-electron chi connectivity index (χ2n) is 6.69. The number of hydrogen-bond donors (Lipinski definition) is 2. The fourth-order valence-electron chi connectivity index (χ4n) is 2.74. The van der Waals surface area contributed by atoms with Crippen LogP contribution in [0.4, 0.5) is 5.69 Å². The van der Waals surface area contributed by atoms with Crippen LogP contribution in [0.5, 0.6) is 0 Å². The summed E-state index contributed by atoms with van der Waals surface area (Å²) in [5.41, 5.74) is 1.71. The zero-order valence-electron chi connectivity index (χ0n) is 15.1. The highest BCUT2D eigenvalue weighted by Gasteiger charge is 2.40. The standard InChI is InChI=1S/C21H22N2O4/c1-14-11-17(14)21(26)27-13-19(24)23-18-10-6-5-9-16(18)20(25)22-12-15-7-3-2-4-8-15/h2-10,14,17H,11-13H2,1H3,(H,22,25)(H,23,24)/t14-,17+/m1/s1. The van der Waals surface area contributed by atoms with Crippen LogP contribution < -0.4 is 10.6 Å². The highest BCUT2D eigenvalue weighted by atomic mass is 16.5. The van der Waals surface area contributed by atoms with Crippen LogP contribution in [0.1, 0.15) is 29.3 Å². The Morgan fingerprint density at radius 2 is 1.70 bits per heavy atom. The number of hydrogen-bond acceptors (Lipinski definition) is 4. The summed E-state index contributed by atoms with van der Waals surface area (Å²) >= 11 is 0. The van der Waals surface area contributed by atoms with E-state index < -0.39 is 5.91 Å². The molecule has 2 N–H and O–H groups in total. The van der Waals surface area contributed by atoms with Crippen LogP contribution in [0.3, 0.4) is 0 Å². The van der Waals surface area contributed by atoms with E-state index in [2.05, 4.69) is 10.6 Å². The molecule has 0 spiro atoms. The molecule has 0 radical (unpaired) electrons. The quantitative estimate of drug-likeness (QED) is 0.738. The lowest BCUT2D eigenvalue weighted by Crippen LogP contribution is -2.26. The number of rotatable bonds is 7. The topological polar surface area (TPSA) is 84.5 Å². The highest BCUT2D eigenvalue weighted by molar-refractivity contribution is 6.04. The zero-order chi connectivity index (χ0) is 19.2. The molecule has 0 heterocycles. The summed E-state index contributed by atoms with van der Waals surface area (Å²) in [6, 6.07) is 16.3. The van der Waals surface area contributed by atoms with Gasteiger partial charge in [0.15, 0.2) is 6.61 Å². The fourth-order valence-corrected chi connectivity index (χ4v) is 2.74. The molecule has 0 bridgehead atoms. The van der Waals surface area contributed by atoms with Crippen molar-refractivity contribution >= 4 is 23.5 Å². The van der Waals surface area contributed by atoms with E-state index in [0.29, 0.717) is 23.7 Å². The van der Waals surface area contributed by atoms with E-state index >= 15 is 0 Å². The molecule has 0 aliphatic heterocycles. The number of esters is 1. The summed E-state index contributed by atoms with van der Waals surface area (Å²) in [5, 5.41) is 5.47. The minimum Gasteiger partial charge on any atom is -0.455 e. The number of anilines is 1. The van der Waals surface area contributed by atoms with Crippen molar-refractivity contribution in [3.05, 3.63) is 65.7 Å². The molecule has 6 heteroatoms. The number of nitrogens with one attached hydrogen (secondary N) is 2. The van der Waals surface area contributed by atoms with Crippen molar-refractivity contribution in [1.82, 2.24) is 5.32 Å². The molecule has 1 fully saturated rings. The molecule has 1 aliphatic rings. The average molecular weight is 366 g/mol. The van der Waals surface area contributed by atoms with E-state index in [1.54, 1.807) is 24.3 Å². The maximum Gasteiger partial charge on any atom is 0.309 e. The smallest absolute Gasteiger partial charge is 0.309 e. The van der Waals surface area contributed by atoms with Crippen molar-refractivity contribution in [3.8, 4) is 0 Å². The molecule has 3 rings (SSSR count). The van der Waals surface area contributed by atoms with E-state index in [1.807, 2.05) is 37.3 Å². The third kappa shape index (κ3) is 5.17. The predicted octanol–water partition coefficient (Wildman–Crippen LogP) is 2.75. The van der Waals surface area contributed by atoms with Crippen molar-refractivity contribution in [2.24, 2.45) is 11.8 Å². The van der Waals surface area contributed by atoms with Crippen molar-refractivity contribution in [2.75, 3.05) is 11.9 Å². The lowest BCUT2D eigenvalue weighted by molar-refractivity contribution is -0.148. The van der Waals surface area contributed by atoms with Crippen LogP contribution >= 0.6 is 0 Å². The molecule has 0 saturated heterocycles. The Morgan fingerprint density at radius 3 is 2.41 bits per heavy atom. The first-order chi connectivity index (χ1) is 13.0. The number of amides is 2. The summed E-state index contributed by atoms with van der Waals surface area (Å²) < 4.78 is 5.02. The average Bonchev–Trinajstić information content (AvgIpc) is 3.42.